The van der Waals surface area contributed by atoms with Crippen LogP contribution in [0.15, 0.2) is 48.5 Å². The van der Waals surface area contributed by atoms with Crippen LogP contribution in [0.2, 0.25) is 0 Å². The van der Waals surface area contributed by atoms with E-state index >= 15 is 0 Å². The Hall–Kier alpha value is -3.27. The van der Waals surface area contributed by atoms with Crippen molar-refractivity contribution in [2.45, 2.75) is 33.0 Å². The molecule has 1 heterocycles. The maximum Gasteiger partial charge on any atom is 0.387 e. The number of rotatable bonds is 10. The third kappa shape index (κ3) is 6.35. The predicted molar refractivity (Wildman–Crippen MR) is 114 cm³/mol. The highest BCUT2D eigenvalue weighted by atomic mass is 32.1. The summed E-state index contributed by atoms with van der Waals surface area (Å²) in [6.07, 6.45) is 0.172. The molecule has 0 spiro atoms. The summed E-state index contributed by atoms with van der Waals surface area (Å²) in [5.41, 5.74) is 1.49. The molecule has 0 atom stereocenters. The monoisotopic (exact) mass is 448 g/mol. The molecule has 0 fully saturated rings. The van der Waals surface area contributed by atoms with Crippen molar-refractivity contribution in [2.75, 3.05) is 6.61 Å². The zero-order chi connectivity index (χ0) is 22.2. The van der Waals surface area contributed by atoms with Crippen LogP contribution in [0, 0.1) is 4.77 Å². The number of alkyl halides is 2. The van der Waals surface area contributed by atoms with Gasteiger partial charge in [0.25, 0.3) is 0 Å². The summed E-state index contributed by atoms with van der Waals surface area (Å²) in [5.74, 6) is 1.22. The van der Waals surface area contributed by atoms with Gasteiger partial charge in [-0.1, -0.05) is 12.1 Å². The summed E-state index contributed by atoms with van der Waals surface area (Å²) in [6.45, 7) is 0.128. The Morgan fingerprint density at radius 1 is 1.23 bits per heavy atom. The second kappa shape index (κ2) is 10.7. The van der Waals surface area contributed by atoms with E-state index in [1.807, 2.05) is 31.2 Å². The number of nitrogens with one attached hydrogen (secondary N) is 2. The highest BCUT2D eigenvalue weighted by molar-refractivity contribution is 7.71. The Bertz CT molecular complexity index is 1070. The number of nitrogens with zero attached hydrogens (tertiary/aromatic N) is 2. The van der Waals surface area contributed by atoms with Gasteiger partial charge in [0.2, 0.25) is 5.91 Å². The molecule has 3 aromatic rings. The van der Waals surface area contributed by atoms with E-state index in [1.165, 1.54) is 12.1 Å². The molecule has 0 aliphatic rings. The third-order valence-corrected chi connectivity index (χ3v) is 4.67. The summed E-state index contributed by atoms with van der Waals surface area (Å²) in [5, 5.41) is 9.79. The van der Waals surface area contributed by atoms with Gasteiger partial charge in [0, 0.05) is 25.1 Å². The maximum atomic E-state index is 12.3. The van der Waals surface area contributed by atoms with Crippen LogP contribution in [0.4, 0.5) is 8.78 Å². The minimum Gasteiger partial charge on any atom is -0.494 e. The molecule has 2 aromatic carbocycles. The number of ether oxygens (including phenoxy) is 2. The first kappa shape index (κ1) is 22.4. The zero-order valence-corrected chi connectivity index (χ0v) is 17.6. The van der Waals surface area contributed by atoms with E-state index in [4.69, 9.17) is 17.0 Å². The van der Waals surface area contributed by atoms with Crippen LogP contribution < -0.4 is 14.8 Å². The van der Waals surface area contributed by atoms with Gasteiger partial charge in [-0.3, -0.25) is 14.5 Å². The Labute approximate surface area is 183 Å². The topological polar surface area (TPSA) is 81.2 Å². The van der Waals surface area contributed by atoms with Gasteiger partial charge in [0.1, 0.15) is 11.5 Å². The minimum atomic E-state index is -2.89. The molecule has 2 N–H and O–H groups in total. The van der Waals surface area contributed by atoms with E-state index in [2.05, 4.69) is 20.3 Å². The van der Waals surface area contributed by atoms with E-state index in [9.17, 15) is 13.6 Å². The fourth-order valence-corrected chi connectivity index (χ4v) is 3.17. The number of hydrogen-bond donors (Lipinski definition) is 2. The highest BCUT2D eigenvalue weighted by Gasteiger charge is 2.11. The van der Waals surface area contributed by atoms with Crippen molar-refractivity contribution in [3.63, 3.8) is 0 Å². The van der Waals surface area contributed by atoms with E-state index in [1.54, 1.807) is 16.7 Å². The molecule has 0 aliphatic heterocycles. The Morgan fingerprint density at radius 3 is 2.71 bits per heavy atom. The first-order chi connectivity index (χ1) is 15.0. The van der Waals surface area contributed by atoms with E-state index < -0.39 is 6.61 Å². The minimum absolute atomic E-state index is 0.0476. The van der Waals surface area contributed by atoms with Crippen molar-refractivity contribution in [1.29, 1.82) is 0 Å². The number of H-pyrrole nitrogens is 1. The van der Waals surface area contributed by atoms with Gasteiger partial charge < -0.3 is 14.8 Å². The molecule has 1 amide bonds. The average molecular weight is 448 g/mol. The smallest absolute Gasteiger partial charge is 0.387 e. The molecule has 0 saturated carbocycles. The fraction of sp³-hybridized carbons (Fsp3) is 0.286. The number of halogens is 2. The molecule has 10 heteroatoms. The molecular weight excluding hydrogens is 426 g/mol. The lowest BCUT2D eigenvalue weighted by molar-refractivity contribution is -0.121. The van der Waals surface area contributed by atoms with Gasteiger partial charge in [-0.25, -0.2) is 0 Å². The van der Waals surface area contributed by atoms with Gasteiger partial charge in [0.15, 0.2) is 10.6 Å². The molecule has 164 valence electrons. The van der Waals surface area contributed by atoms with Crippen LogP contribution >= 0.6 is 12.2 Å². The standard InChI is InChI=1S/C21H22F2N4O3S/c1-2-29-16-8-6-15(7-9-16)19-25-26-21(31)27(19)11-10-18(28)24-13-14-4-3-5-17(12-14)30-20(22)23/h3-9,12,20H,2,10-11,13H2,1H3,(H,24,28)(H,26,31). The molecule has 0 aliphatic carbocycles. The zero-order valence-electron chi connectivity index (χ0n) is 16.8. The van der Waals surface area contributed by atoms with E-state index in [0.29, 0.717) is 29.3 Å². The molecule has 0 radical (unpaired) electrons. The summed E-state index contributed by atoms with van der Waals surface area (Å²) in [4.78, 5) is 12.3. The lowest BCUT2D eigenvalue weighted by Gasteiger charge is -2.10. The Balaban J connectivity index is 1.58. The second-order valence-corrected chi connectivity index (χ2v) is 6.90. The van der Waals surface area contributed by atoms with Gasteiger partial charge in [-0.05, 0) is 61.1 Å². The molecule has 0 bridgehead atoms. The summed E-state index contributed by atoms with van der Waals surface area (Å²) in [6, 6.07) is 13.6. The van der Waals surface area contributed by atoms with Crippen molar-refractivity contribution >= 4 is 18.1 Å². The van der Waals surface area contributed by atoms with Gasteiger partial charge in [-0.15, -0.1) is 0 Å². The highest BCUT2D eigenvalue weighted by Crippen LogP contribution is 2.21. The quantitative estimate of drug-likeness (QED) is 0.452. The van der Waals surface area contributed by atoms with Crippen LogP contribution in [0.5, 0.6) is 11.5 Å². The Kier molecular flexibility index (Phi) is 7.71. The second-order valence-electron chi connectivity index (χ2n) is 6.51. The van der Waals surface area contributed by atoms with Crippen molar-refractivity contribution < 1.29 is 23.0 Å². The molecule has 0 unspecified atom stereocenters. The molecule has 3 rings (SSSR count). The first-order valence-electron chi connectivity index (χ1n) is 9.65. The number of hydrogen-bond acceptors (Lipinski definition) is 5. The molecule has 1 aromatic heterocycles. The number of carbonyl (C=O) groups is 1. The largest absolute Gasteiger partial charge is 0.494 e. The summed E-state index contributed by atoms with van der Waals surface area (Å²) in [7, 11) is 0. The van der Waals surface area contributed by atoms with Crippen molar-refractivity contribution in [3.05, 3.63) is 58.9 Å². The Morgan fingerprint density at radius 2 is 2.00 bits per heavy atom. The molecule has 31 heavy (non-hydrogen) atoms. The predicted octanol–water partition coefficient (Wildman–Crippen LogP) is 4.31. The van der Waals surface area contributed by atoms with Crippen LogP contribution in [0.3, 0.4) is 0 Å². The SMILES string of the molecule is CCOc1ccc(-c2n[nH]c(=S)n2CCC(=O)NCc2cccc(OC(F)F)c2)cc1. The summed E-state index contributed by atoms with van der Waals surface area (Å²) >= 11 is 5.30. The van der Waals surface area contributed by atoms with Crippen molar-refractivity contribution in [3.8, 4) is 22.9 Å². The fourth-order valence-electron chi connectivity index (χ4n) is 2.95. The van der Waals surface area contributed by atoms with Crippen molar-refractivity contribution in [2.24, 2.45) is 0 Å². The van der Waals surface area contributed by atoms with Gasteiger partial charge >= 0.3 is 6.61 Å². The average Bonchev–Trinajstić information content (AvgIpc) is 3.11. The van der Waals surface area contributed by atoms with Gasteiger partial charge in [0.05, 0.1) is 6.61 Å². The number of aromatic amines is 1. The number of amides is 1. The first-order valence-corrected chi connectivity index (χ1v) is 10.1. The number of aromatic nitrogens is 3. The van der Waals surface area contributed by atoms with Crippen LogP contribution in [0.25, 0.3) is 11.4 Å². The lowest BCUT2D eigenvalue weighted by atomic mass is 10.2. The summed E-state index contributed by atoms with van der Waals surface area (Å²) < 4.78 is 36.6. The van der Waals surface area contributed by atoms with Crippen LogP contribution in [0.1, 0.15) is 18.9 Å². The number of carbonyl (C=O) groups excluding carboxylic acids is 1. The van der Waals surface area contributed by atoms with E-state index in [0.717, 1.165) is 11.3 Å². The molecule has 7 nitrogen and oxygen atoms in total. The number of benzene rings is 2. The molecular formula is C21H22F2N4O3S. The third-order valence-electron chi connectivity index (χ3n) is 4.36. The van der Waals surface area contributed by atoms with Crippen LogP contribution in [-0.4, -0.2) is 33.9 Å². The molecule has 0 saturated heterocycles. The van der Waals surface area contributed by atoms with E-state index in [-0.39, 0.29) is 24.6 Å². The normalized spacial score (nSPS) is 10.8. The maximum absolute atomic E-state index is 12.3. The lowest BCUT2D eigenvalue weighted by Crippen LogP contribution is -2.24. The van der Waals surface area contributed by atoms with Gasteiger partial charge in [-0.2, -0.15) is 13.9 Å². The van der Waals surface area contributed by atoms with Crippen LogP contribution in [-0.2, 0) is 17.9 Å². The van der Waals surface area contributed by atoms with Crippen molar-refractivity contribution in [1.82, 2.24) is 20.1 Å².